The fourth-order valence-electron chi connectivity index (χ4n) is 1.62. The van der Waals surface area contributed by atoms with Gasteiger partial charge in [-0.1, -0.05) is 30.3 Å². The molecular formula is C13H18N2. The number of benzene rings is 1. The average molecular weight is 202 g/mol. The van der Waals surface area contributed by atoms with Crippen LogP contribution in [0.1, 0.15) is 31.9 Å². The number of nitriles is 1. The summed E-state index contributed by atoms with van der Waals surface area (Å²) in [6, 6.07) is 13.2. The highest BCUT2D eigenvalue weighted by atomic mass is 15.1. The molecule has 0 aromatic heterocycles. The standard InChI is InChI=1S/C13H18N2/c1-11(9-10-14)15(3)12(2)13-7-5-4-6-8-13/h4-8,11-12H,9H2,1-3H3. The van der Waals surface area contributed by atoms with E-state index in [1.165, 1.54) is 5.56 Å². The van der Waals surface area contributed by atoms with Crippen molar-refractivity contribution in [2.24, 2.45) is 0 Å². The highest BCUT2D eigenvalue weighted by Crippen LogP contribution is 2.20. The van der Waals surface area contributed by atoms with Gasteiger partial charge in [0.15, 0.2) is 0 Å². The van der Waals surface area contributed by atoms with Gasteiger partial charge in [0.2, 0.25) is 0 Å². The van der Waals surface area contributed by atoms with Crippen molar-refractivity contribution in [2.75, 3.05) is 7.05 Å². The van der Waals surface area contributed by atoms with Crippen molar-refractivity contribution >= 4 is 0 Å². The third kappa shape index (κ3) is 3.07. The Bertz CT molecular complexity index is 326. The lowest BCUT2D eigenvalue weighted by Crippen LogP contribution is -2.31. The monoisotopic (exact) mass is 202 g/mol. The Morgan fingerprint density at radius 1 is 1.27 bits per heavy atom. The molecule has 0 aliphatic carbocycles. The Morgan fingerprint density at radius 2 is 1.87 bits per heavy atom. The van der Waals surface area contributed by atoms with Gasteiger partial charge in [-0.25, -0.2) is 0 Å². The maximum absolute atomic E-state index is 8.66. The second kappa shape index (κ2) is 5.53. The fraction of sp³-hybridized carbons (Fsp3) is 0.462. The zero-order valence-electron chi connectivity index (χ0n) is 9.64. The van der Waals surface area contributed by atoms with Gasteiger partial charge in [-0.15, -0.1) is 0 Å². The second-order valence-corrected chi connectivity index (χ2v) is 3.96. The van der Waals surface area contributed by atoms with Gasteiger partial charge in [-0.3, -0.25) is 4.90 Å². The summed E-state index contributed by atoms with van der Waals surface area (Å²) in [5, 5.41) is 8.66. The van der Waals surface area contributed by atoms with Crippen molar-refractivity contribution in [1.29, 1.82) is 5.26 Å². The van der Waals surface area contributed by atoms with E-state index < -0.39 is 0 Å². The molecule has 2 unspecified atom stereocenters. The molecule has 80 valence electrons. The van der Waals surface area contributed by atoms with Gasteiger partial charge >= 0.3 is 0 Å². The third-order valence-electron chi connectivity index (χ3n) is 2.97. The van der Waals surface area contributed by atoms with Crippen molar-refractivity contribution in [3.63, 3.8) is 0 Å². The summed E-state index contributed by atoms with van der Waals surface area (Å²) >= 11 is 0. The Labute approximate surface area is 92.1 Å². The summed E-state index contributed by atoms with van der Waals surface area (Å²) in [6.45, 7) is 4.26. The molecule has 0 aliphatic rings. The highest BCUT2D eigenvalue weighted by Gasteiger charge is 2.16. The van der Waals surface area contributed by atoms with Crippen LogP contribution in [0.3, 0.4) is 0 Å². The van der Waals surface area contributed by atoms with Crippen molar-refractivity contribution in [3.8, 4) is 6.07 Å². The quantitative estimate of drug-likeness (QED) is 0.750. The first-order valence-electron chi connectivity index (χ1n) is 5.30. The lowest BCUT2D eigenvalue weighted by molar-refractivity contribution is 0.199. The summed E-state index contributed by atoms with van der Waals surface area (Å²) in [7, 11) is 2.07. The molecule has 0 fully saturated rings. The SMILES string of the molecule is CC(CC#N)N(C)C(C)c1ccccc1. The van der Waals surface area contributed by atoms with Crippen LogP contribution in [0.2, 0.25) is 0 Å². The van der Waals surface area contributed by atoms with E-state index in [1.54, 1.807) is 0 Å². The smallest absolute Gasteiger partial charge is 0.0638 e. The first-order valence-corrected chi connectivity index (χ1v) is 5.30. The van der Waals surface area contributed by atoms with Gasteiger partial charge in [-0.05, 0) is 26.5 Å². The molecule has 1 rings (SSSR count). The Hall–Kier alpha value is -1.33. The lowest BCUT2D eigenvalue weighted by Gasteiger charge is -2.29. The van der Waals surface area contributed by atoms with Crippen LogP contribution < -0.4 is 0 Å². The van der Waals surface area contributed by atoms with E-state index in [1.807, 2.05) is 6.07 Å². The molecule has 0 saturated heterocycles. The lowest BCUT2D eigenvalue weighted by atomic mass is 10.1. The Balaban J connectivity index is 2.69. The van der Waals surface area contributed by atoms with Crippen molar-refractivity contribution < 1.29 is 0 Å². The summed E-state index contributed by atoms with van der Waals surface area (Å²) in [4.78, 5) is 2.23. The summed E-state index contributed by atoms with van der Waals surface area (Å²) in [5.41, 5.74) is 1.30. The largest absolute Gasteiger partial charge is 0.296 e. The van der Waals surface area contributed by atoms with Crippen LogP contribution in [-0.4, -0.2) is 18.0 Å². The summed E-state index contributed by atoms with van der Waals surface area (Å²) < 4.78 is 0. The van der Waals surface area contributed by atoms with Crippen LogP contribution >= 0.6 is 0 Å². The minimum atomic E-state index is 0.296. The predicted molar refractivity (Wildman–Crippen MR) is 62.3 cm³/mol. The maximum atomic E-state index is 8.66. The number of rotatable bonds is 4. The molecule has 0 radical (unpaired) electrons. The highest BCUT2D eigenvalue weighted by molar-refractivity contribution is 5.18. The minimum Gasteiger partial charge on any atom is -0.296 e. The van der Waals surface area contributed by atoms with Gasteiger partial charge in [0, 0.05) is 12.1 Å². The molecule has 0 heterocycles. The van der Waals surface area contributed by atoms with Gasteiger partial charge in [0.25, 0.3) is 0 Å². The summed E-state index contributed by atoms with van der Waals surface area (Å²) in [5.74, 6) is 0. The number of hydrogen-bond acceptors (Lipinski definition) is 2. The third-order valence-corrected chi connectivity index (χ3v) is 2.97. The van der Waals surface area contributed by atoms with Crippen LogP contribution in [0.25, 0.3) is 0 Å². The first kappa shape index (κ1) is 11.7. The van der Waals surface area contributed by atoms with Crippen molar-refractivity contribution in [3.05, 3.63) is 35.9 Å². The molecular weight excluding hydrogens is 184 g/mol. The van der Waals surface area contributed by atoms with E-state index in [-0.39, 0.29) is 0 Å². The molecule has 1 aromatic carbocycles. The van der Waals surface area contributed by atoms with Crippen LogP contribution in [0, 0.1) is 11.3 Å². The molecule has 0 saturated carbocycles. The predicted octanol–water partition coefficient (Wildman–Crippen LogP) is 2.98. The van der Waals surface area contributed by atoms with E-state index in [0.29, 0.717) is 18.5 Å². The van der Waals surface area contributed by atoms with Crippen LogP contribution in [0.15, 0.2) is 30.3 Å². The molecule has 2 nitrogen and oxygen atoms in total. The van der Waals surface area contributed by atoms with Crippen LogP contribution in [-0.2, 0) is 0 Å². The zero-order valence-corrected chi connectivity index (χ0v) is 9.64. The maximum Gasteiger partial charge on any atom is 0.0638 e. The Kier molecular flexibility index (Phi) is 4.33. The van der Waals surface area contributed by atoms with Gasteiger partial charge in [0.1, 0.15) is 0 Å². The van der Waals surface area contributed by atoms with Crippen LogP contribution in [0.5, 0.6) is 0 Å². The van der Waals surface area contributed by atoms with Crippen molar-refractivity contribution in [2.45, 2.75) is 32.4 Å². The van der Waals surface area contributed by atoms with Crippen molar-refractivity contribution in [1.82, 2.24) is 4.90 Å². The van der Waals surface area contributed by atoms with Gasteiger partial charge in [0.05, 0.1) is 12.5 Å². The second-order valence-electron chi connectivity index (χ2n) is 3.96. The molecule has 2 heteroatoms. The molecule has 0 amide bonds. The Morgan fingerprint density at radius 3 is 2.40 bits per heavy atom. The molecule has 0 bridgehead atoms. The van der Waals surface area contributed by atoms with E-state index in [4.69, 9.17) is 5.26 Å². The molecule has 0 aliphatic heterocycles. The van der Waals surface area contributed by atoms with Gasteiger partial charge < -0.3 is 0 Å². The molecule has 2 atom stereocenters. The van der Waals surface area contributed by atoms with E-state index >= 15 is 0 Å². The van der Waals surface area contributed by atoms with E-state index in [2.05, 4.69) is 56.1 Å². The zero-order chi connectivity index (χ0) is 11.3. The van der Waals surface area contributed by atoms with E-state index in [9.17, 15) is 0 Å². The van der Waals surface area contributed by atoms with Gasteiger partial charge in [-0.2, -0.15) is 5.26 Å². The topological polar surface area (TPSA) is 27.0 Å². The normalized spacial score (nSPS) is 14.6. The number of nitrogens with zero attached hydrogens (tertiary/aromatic N) is 2. The number of hydrogen-bond donors (Lipinski definition) is 0. The molecule has 0 spiro atoms. The molecule has 15 heavy (non-hydrogen) atoms. The van der Waals surface area contributed by atoms with E-state index in [0.717, 1.165) is 0 Å². The first-order chi connectivity index (χ1) is 7.16. The fourth-order valence-corrected chi connectivity index (χ4v) is 1.62. The average Bonchev–Trinajstić information content (AvgIpc) is 2.28. The summed E-state index contributed by atoms with van der Waals surface area (Å²) in [6.07, 6.45) is 0.577. The molecule has 1 aromatic rings. The minimum absolute atomic E-state index is 0.296. The molecule has 0 N–H and O–H groups in total. The van der Waals surface area contributed by atoms with Crippen LogP contribution in [0.4, 0.5) is 0 Å².